The zero-order valence-corrected chi connectivity index (χ0v) is 9.83. The van der Waals surface area contributed by atoms with Crippen molar-refractivity contribution in [1.82, 2.24) is 14.9 Å². The Kier molecular flexibility index (Phi) is 3.05. The van der Waals surface area contributed by atoms with Gasteiger partial charge in [-0.3, -0.25) is 0 Å². The van der Waals surface area contributed by atoms with Crippen LogP contribution in [0.15, 0.2) is 0 Å². The van der Waals surface area contributed by atoms with Crippen molar-refractivity contribution in [2.75, 3.05) is 13.6 Å². The number of hydrogen-bond donors (Lipinski definition) is 0. The SMILES string of the molecule is CC(C)Oc1nc(F)nc2c1CN(C)CC2. The van der Waals surface area contributed by atoms with E-state index < -0.39 is 6.08 Å². The number of nitrogens with zero attached hydrogens (tertiary/aromatic N) is 3. The van der Waals surface area contributed by atoms with E-state index in [-0.39, 0.29) is 6.10 Å². The van der Waals surface area contributed by atoms with Crippen molar-refractivity contribution in [3.05, 3.63) is 17.3 Å². The molecule has 16 heavy (non-hydrogen) atoms. The lowest BCUT2D eigenvalue weighted by Crippen LogP contribution is -2.29. The molecule has 0 bridgehead atoms. The fraction of sp³-hybridized carbons (Fsp3) is 0.636. The molecule has 1 aromatic rings. The van der Waals surface area contributed by atoms with E-state index in [2.05, 4.69) is 14.9 Å². The third-order valence-corrected chi connectivity index (χ3v) is 2.53. The summed E-state index contributed by atoms with van der Waals surface area (Å²) in [5, 5.41) is 0. The molecule has 0 saturated heterocycles. The Hall–Kier alpha value is -1.23. The van der Waals surface area contributed by atoms with Gasteiger partial charge in [0.25, 0.3) is 0 Å². The predicted octanol–water partition coefficient (Wildman–Crippen LogP) is 1.39. The van der Waals surface area contributed by atoms with Gasteiger partial charge in [0, 0.05) is 19.5 Å². The zero-order chi connectivity index (χ0) is 11.7. The predicted molar refractivity (Wildman–Crippen MR) is 57.8 cm³/mol. The van der Waals surface area contributed by atoms with E-state index in [0.717, 1.165) is 30.8 Å². The first-order chi connectivity index (χ1) is 7.56. The van der Waals surface area contributed by atoms with Crippen LogP contribution < -0.4 is 4.74 Å². The van der Waals surface area contributed by atoms with Crippen LogP contribution in [0.5, 0.6) is 5.88 Å². The van der Waals surface area contributed by atoms with Crippen LogP contribution in [0.2, 0.25) is 0 Å². The minimum absolute atomic E-state index is 0.00867. The quantitative estimate of drug-likeness (QED) is 0.713. The van der Waals surface area contributed by atoms with Gasteiger partial charge < -0.3 is 9.64 Å². The number of fused-ring (bicyclic) bond motifs is 1. The summed E-state index contributed by atoms with van der Waals surface area (Å²) in [6, 6.07) is 0. The first kappa shape index (κ1) is 11.3. The minimum atomic E-state index is -0.695. The Morgan fingerprint density at radius 3 is 2.81 bits per heavy atom. The summed E-state index contributed by atoms with van der Waals surface area (Å²) in [7, 11) is 2.02. The second-order valence-electron chi connectivity index (χ2n) is 4.38. The molecule has 0 saturated carbocycles. The van der Waals surface area contributed by atoms with E-state index in [1.165, 1.54) is 0 Å². The van der Waals surface area contributed by atoms with Crippen LogP contribution in [-0.4, -0.2) is 34.6 Å². The number of likely N-dealkylation sites (N-methyl/N-ethyl adjacent to an activating group) is 1. The fourth-order valence-electron chi connectivity index (χ4n) is 1.81. The maximum atomic E-state index is 13.2. The molecule has 2 rings (SSSR count). The summed E-state index contributed by atoms with van der Waals surface area (Å²) >= 11 is 0. The molecule has 0 atom stereocenters. The van der Waals surface area contributed by atoms with E-state index in [1.807, 2.05) is 20.9 Å². The summed E-state index contributed by atoms with van der Waals surface area (Å²) in [5.74, 6) is 0.393. The van der Waals surface area contributed by atoms with Crippen molar-refractivity contribution in [3.63, 3.8) is 0 Å². The molecule has 0 spiro atoms. The smallest absolute Gasteiger partial charge is 0.312 e. The highest BCUT2D eigenvalue weighted by molar-refractivity contribution is 5.31. The second kappa shape index (κ2) is 4.33. The van der Waals surface area contributed by atoms with Crippen LogP contribution in [0.25, 0.3) is 0 Å². The molecule has 5 heteroatoms. The average molecular weight is 225 g/mol. The van der Waals surface area contributed by atoms with Crippen LogP contribution in [0.3, 0.4) is 0 Å². The van der Waals surface area contributed by atoms with Crippen molar-refractivity contribution < 1.29 is 9.13 Å². The van der Waals surface area contributed by atoms with E-state index >= 15 is 0 Å². The van der Waals surface area contributed by atoms with Gasteiger partial charge in [0.1, 0.15) is 0 Å². The third kappa shape index (κ3) is 2.29. The van der Waals surface area contributed by atoms with Gasteiger partial charge in [-0.2, -0.15) is 9.37 Å². The molecule has 88 valence electrons. The molecular weight excluding hydrogens is 209 g/mol. The summed E-state index contributed by atoms with van der Waals surface area (Å²) in [4.78, 5) is 9.72. The van der Waals surface area contributed by atoms with Crippen molar-refractivity contribution >= 4 is 0 Å². The van der Waals surface area contributed by atoms with Crippen LogP contribution >= 0.6 is 0 Å². The number of rotatable bonds is 2. The van der Waals surface area contributed by atoms with Gasteiger partial charge in [-0.15, -0.1) is 0 Å². The Morgan fingerprint density at radius 2 is 2.12 bits per heavy atom. The maximum absolute atomic E-state index is 13.2. The van der Waals surface area contributed by atoms with Gasteiger partial charge in [0.05, 0.1) is 17.4 Å². The van der Waals surface area contributed by atoms with E-state index in [4.69, 9.17) is 4.74 Å². The largest absolute Gasteiger partial charge is 0.475 e. The molecule has 0 unspecified atom stereocenters. The van der Waals surface area contributed by atoms with E-state index in [0.29, 0.717) is 5.88 Å². The van der Waals surface area contributed by atoms with Gasteiger partial charge in [-0.25, -0.2) is 4.98 Å². The van der Waals surface area contributed by atoms with E-state index in [9.17, 15) is 4.39 Å². The highest BCUT2D eigenvalue weighted by Gasteiger charge is 2.22. The normalized spacial score (nSPS) is 16.3. The molecule has 1 aromatic heterocycles. The van der Waals surface area contributed by atoms with Gasteiger partial charge >= 0.3 is 6.08 Å². The number of aromatic nitrogens is 2. The average Bonchev–Trinajstić information content (AvgIpc) is 2.18. The molecule has 0 N–H and O–H groups in total. The molecule has 0 fully saturated rings. The Morgan fingerprint density at radius 1 is 1.38 bits per heavy atom. The molecule has 0 amide bonds. The van der Waals surface area contributed by atoms with Gasteiger partial charge in [-0.1, -0.05) is 0 Å². The van der Waals surface area contributed by atoms with Gasteiger partial charge in [0.2, 0.25) is 5.88 Å². The van der Waals surface area contributed by atoms with Crippen molar-refractivity contribution in [2.45, 2.75) is 32.9 Å². The van der Waals surface area contributed by atoms with Gasteiger partial charge in [0.15, 0.2) is 0 Å². The minimum Gasteiger partial charge on any atom is -0.475 e. The number of ether oxygens (including phenoxy) is 1. The Bertz CT molecular complexity index is 395. The van der Waals surface area contributed by atoms with Crippen molar-refractivity contribution in [2.24, 2.45) is 0 Å². The molecule has 1 aliphatic heterocycles. The first-order valence-electron chi connectivity index (χ1n) is 5.46. The molecule has 0 aliphatic carbocycles. The van der Waals surface area contributed by atoms with E-state index in [1.54, 1.807) is 0 Å². The monoisotopic (exact) mass is 225 g/mol. The standard InChI is InChI=1S/C11H16FN3O/c1-7(2)16-10-8-6-15(3)5-4-9(8)13-11(12)14-10/h7H,4-6H2,1-3H3. The maximum Gasteiger partial charge on any atom is 0.312 e. The van der Waals surface area contributed by atoms with Crippen LogP contribution in [0.1, 0.15) is 25.1 Å². The molecule has 4 nitrogen and oxygen atoms in total. The first-order valence-corrected chi connectivity index (χ1v) is 5.46. The number of halogens is 1. The summed E-state index contributed by atoms with van der Waals surface area (Å²) in [6.07, 6.45) is 0.0456. The topological polar surface area (TPSA) is 38.3 Å². The molecule has 0 aromatic carbocycles. The van der Waals surface area contributed by atoms with Gasteiger partial charge in [-0.05, 0) is 20.9 Å². The van der Waals surface area contributed by atoms with Crippen LogP contribution in [-0.2, 0) is 13.0 Å². The summed E-state index contributed by atoms with van der Waals surface area (Å²) in [6.45, 7) is 5.42. The highest BCUT2D eigenvalue weighted by Crippen LogP contribution is 2.25. The second-order valence-corrected chi connectivity index (χ2v) is 4.38. The zero-order valence-electron chi connectivity index (χ0n) is 9.83. The van der Waals surface area contributed by atoms with Crippen molar-refractivity contribution in [1.29, 1.82) is 0 Å². The van der Waals surface area contributed by atoms with Crippen molar-refractivity contribution in [3.8, 4) is 5.88 Å². The molecule has 1 aliphatic rings. The third-order valence-electron chi connectivity index (χ3n) is 2.53. The molecular formula is C11H16FN3O. The summed E-state index contributed by atoms with van der Waals surface area (Å²) in [5.41, 5.74) is 1.70. The fourth-order valence-corrected chi connectivity index (χ4v) is 1.81. The number of hydrogen-bond acceptors (Lipinski definition) is 4. The molecule has 0 radical (unpaired) electrons. The summed E-state index contributed by atoms with van der Waals surface area (Å²) < 4.78 is 18.7. The lowest BCUT2D eigenvalue weighted by Gasteiger charge is -2.25. The van der Waals surface area contributed by atoms with Crippen LogP contribution in [0.4, 0.5) is 4.39 Å². The van der Waals surface area contributed by atoms with Crippen LogP contribution in [0, 0.1) is 6.08 Å². The highest BCUT2D eigenvalue weighted by atomic mass is 19.1. The Balaban J connectivity index is 2.39. The lowest BCUT2D eigenvalue weighted by molar-refractivity contribution is 0.214. The molecule has 2 heterocycles. The Labute approximate surface area is 94.5 Å². The lowest BCUT2D eigenvalue weighted by atomic mass is 10.1.